The van der Waals surface area contributed by atoms with Crippen LogP contribution in [0.3, 0.4) is 0 Å². The van der Waals surface area contributed by atoms with Gasteiger partial charge in [-0.25, -0.2) is 9.59 Å². The number of carbonyl (C=O) groups is 2. The van der Waals surface area contributed by atoms with Crippen LogP contribution in [0.15, 0.2) is 29.3 Å². The van der Waals surface area contributed by atoms with Crippen LogP contribution in [0.25, 0.3) is 0 Å². The fourth-order valence-electron chi connectivity index (χ4n) is 1.94. The van der Waals surface area contributed by atoms with Crippen LogP contribution in [-0.4, -0.2) is 43.2 Å². The molecule has 0 aliphatic carbocycles. The summed E-state index contributed by atoms with van der Waals surface area (Å²) in [6.45, 7) is 2.31. The van der Waals surface area contributed by atoms with Crippen LogP contribution in [0.1, 0.15) is 12.5 Å². The quantitative estimate of drug-likeness (QED) is 0.520. The van der Waals surface area contributed by atoms with E-state index in [2.05, 4.69) is 9.73 Å². The van der Waals surface area contributed by atoms with Gasteiger partial charge in [0.2, 0.25) is 0 Å². The fraction of sp³-hybridized carbons (Fsp3) is 0.357. The number of ether oxygens (including phenoxy) is 2. The van der Waals surface area contributed by atoms with Gasteiger partial charge in [-0.2, -0.15) is 4.99 Å². The van der Waals surface area contributed by atoms with Crippen molar-refractivity contribution in [2.24, 2.45) is 10.7 Å². The van der Waals surface area contributed by atoms with Crippen LogP contribution in [0.2, 0.25) is 0 Å². The summed E-state index contributed by atoms with van der Waals surface area (Å²) in [5.74, 6) is 0.298. The summed E-state index contributed by atoms with van der Waals surface area (Å²) in [5.41, 5.74) is 6.94. The average Bonchev–Trinajstić information content (AvgIpc) is 2.88. The number of amides is 2. The Kier molecular flexibility index (Phi) is 5.21. The first-order valence-corrected chi connectivity index (χ1v) is 7.24. The minimum absolute atomic E-state index is 0.0487. The molecule has 0 bridgehead atoms. The summed E-state index contributed by atoms with van der Waals surface area (Å²) in [7, 11) is 0. The molecule has 1 aliphatic heterocycles. The standard InChI is InChI=1S/C14H16ClN3O4/c1-2-21-13(19)17-12(16)9-3-5-10(6-4-9)18-8-11(7-15)22-14(18)20/h3-6,11H,2,7-8H2,1H3,(H2,16,17,19). The van der Waals surface area contributed by atoms with E-state index in [4.69, 9.17) is 22.1 Å². The smallest absolute Gasteiger partial charge is 0.435 e. The summed E-state index contributed by atoms with van der Waals surface area (Å²) >= 11 is 5.69. The average molecular weight is 326 g/mol. The summed E-state index contributed by atoms with van der Waals surface area (Å²) in [4.78, 5) is 28.1. The van der Waals surface area contributed by atoms with Gasteiger partial charge in [-0.05, 0) is 31.2 Å². The number of alkyl halides is 1. The second-order valence-corrected chi connectivity index (χ2v) is 4.82. The van der Waals surface area contributed by atoms with Gasteiger partial charge in [0.05, 0.1) is 19.0 Å². The first-order chi connectivity index (χ1) is 10.5. The summed E-state index contributed by atoms with van der Waals surface area (Å²) in [6, 6.07) is 6.71. The van der Waals surface area contributed by atoms with Gasteiger partial charge in [-0.1, -0.05) is 0 Å². The predicted molar refractivity (Wildman–Crippen MR) is 82.5 cm³/mol. The Morgan fingerprint density at radius 2 is 2.18 bits per heavy atom. The van der Waals surface area contributed by atoms with Crippen molar-refractivity contribution < 1.29 is 19.1 Å². The van der Waals surface area contributed by atoms with E-state index in [1.165, 1.54) is 4.90 Å². The van der Waals surface area contributed by atoms with Crippen LogP contribution in [0, 0.1) is 0 Å². The number of hydrogen-bond acceptors (Lipinski definition) is 4. The molecule has 1 aromatic carbocycles. The SMILES string of the molecule is CCOC(=O)N=C(N)c1ccc(N2CC(CCl)OC2=O)cc1. The van der Waals surface area contributed by atoms with Gasteiger partial charge in [0.1, 0.15) is 11.9 Å². The Hall–Kier alpha value is -2.28. The molecule has 0 radical (unpaired) electrons. The van der Waals surface area contributed by atoms with Crippen molar-refractivity contribution in [1.29, 1.82) is 0 Å². The molecular formula is C14H16ClN3O4. The molecule has 0 aromatic heterocycles. The number of aliphatic imine (C=N–C) groups is 1. The lowest BCUT2D eigenvalue weighted by atomic mass is 10.2. The van der Waals surface area contributed by atoms with Crippen molar-refractivity contribution in [2.75, 3.05) is 23.9 Å². The number of amidine groups is 1. The number of benzene rings is 1. The van der Waals surface area contributed by atoms with E-state index in [1.807, 2.05) is 0 Å². The van der Waals surface area contributed by atoms with Crippen LogP contribution >= 0.6 is 11.6 Å². The van der Waals surface area contributed by atoms with Gasteiger partial charge in [0.15, 0.2) is 0 Å². The molecule has 2 amide bonds. The third kappa shape index (κ3) is 3.67. The van der Waals surface area contributed by atoms with Gasteiger partial charge < -0.3 is 15.2 Å². The van der Waals surface area contributed by atoms with Crippen LogP contribution in [0.5, 0.6) is 0 Å². The number of nitrogens with zero attached hydrogens (tertiary/aromatic N) is 2. The number of nitrogens with two attached hydrogens (primary N) is 1. The normalized spacial score (nSPS) is 18.3. The molecule has 2 N–H and O–H groups in total. The highest BCUT2D eigenvalue weighted by Gasteiger charge is 2.31. The zero-order valence-electron chi connectivity index (χ0n) is 12.0. The molecule has 0 saturated carbocycles. The van der Waals surface area contributed by atoms with E-state index in [1.54, 1.807) is 31.2 Å². The van der Waals surface area contributed by atoms with Gasteiger partial charge in [-0.15, -0.1) is 11.6 Å². The van der Waals surface area contributed by atoms with E-state index < -0.39 is 12.2 Å². The third-order valence-corrected chi connectivity index (χ3v) is 3.34. The summed E-state index contributed by atoms with van der Waals surface area (Å²) in [5, 5.41) is 0. The highest BCUT2D eigenvalue weighted by Crippen LogP contribution is 2.22. The van der Waals surface area contributed by atoms with E-state index in [9.17, 15) is 9.59 Å². The van der Waals surface area contributed by atoms with Crippen LogP contribution < -0.4 is 10.6 Å². The van der Waals surface area contributed by atoms with Crippen molar-refractivity contribution in [3.05, 3.63) is 29.8 Å². The summed E-state index contributed by atoms with van der Waals surface area (Å²) < 4.78 is 9.77. The number of halogens is 1. The van der Waals surface area contributed by atoms with Crippen LogP contribution in [0.4, 0.5) is 15.3 Å². The summed E-state index contributed by atoms with van der Waals surface area (Å²) in [6.07, 6.45) is -1.49. The molecule has 1 aliphatic rings. The molecule has 22 heavy (non-hydrogen) atoms. The molecule has 7 nitrogen and oxygen atoms in total. The van der Waals surface area contributed by atoms with Gasteiger partial charge in [0, 0.05) is 11.3 Å². The highest BCUT2D eigenvalue weighted by molar-refractivity contribution is 6.18. The minimum atomic E-state index is -0.739. The zero-order valence-corrected chi connectivity index (χ0v) is 12.7. The molecule has 8 heteroatoms. The molecule has 1 saturated heterocycles. The third-order valence-electron chi connectivity index (χ3n) is 3.00. The molecule has 1 aromatic rings. The number of carbonyl (C=O) groups excluding carboxylic acids is 2. The lowest BCUT2D eigenvalue weighted by molar-refractivity contribution is 0.151. The maximum atomic E-state index is 11.7. The number of hydrogen-bond donors (Lipinski definition) is 1. The highest BCUT2D eigenvalue weighted by atomic mass is 35.5. The lowest BCUT2D eigenvalue weighted by Crippen LogP contribution is -2.25. The fourth-order valence-corrected chi connectivity index (χ4v) is 2.10. The van der Waals surface area contributed by atoms with E-state index >= 15 is 0 Å². The number of rotatable bonds is 4. The van der Waals surface area contributed by atoms with Gasteiger partial charge >= 0.3 is 12.2 Å². The largest absolute Gasteiger partial charge is 0.448 e. The second-order valence-electron chi connectivity index (χ2n) is 4.51. The van der Waals surface area contributed by atoms with Crippen molar-refractivity contribution in [1.82, 2.24) is 0 Å². The second kappa shape index (κ2) is 7.13. The molecular weight excluding hydrogens is 310 g/mol. The van der Waals surface area contributed by atoms with Crippen molar-refractivity contribution >= 4 is 35.3 Å². The minimum Gasteiger partial charge on any atom is -0.448 e. The lowest BCUT2D eigenvalue weighted by Gasteiger charge is -2.13. The van der Waals surface area contributed by atoms with Crippen molar-refractivity contribution in [3.8, 4) is 0 Å². The monoisotopic (exact) mass is 325 g/mol. The molecule has 1 heterocycles. The molecule has 118 valence electrons. The molecule has 1 atom stereocenters. The van der Waals surface area contributed by atoms with E-state index in [0.29, 0.717) is 17.8 Å². The van der Waals surface area contributed by atoms with Crippen molar-refractivity contribution in [2.45, 2.75) is 13.0 Å². The molecule has 1 fully saturated rings. The molecule has 0 spiro atoms. The van der Waals surface area contributed by atoms with Crippen LogP contribution in [-0.2, 0) is 9.47 Å². The molecule has 1 unspecified atom stereocenters. The Morgan fingerprint density at radius 1 is 1.50 bits per heavy atom. The Bertz CT molecular complexity index is 588. The first kappa shape index (κ1) is 16.1. The van der Waals surface area contributed by atoms with E-state index in [-0.39, 0.29) is 24.4 Å². The zero-order chi connectivity index (χ0) is 16.1. The number of anilines is 1. The first-order valence-electron chi connectivity index (χ1n) is 6.70. The topological polar surface area (TPSA) is 94.2 Å². The predicted octanol–water partition coefficient (Wildman–Crippen LogP) is 2.11. The van der Waals surface area contributed by atoms with E-state index in [0.717, 1.165) is 0 Å². The van der Waals surface area contributed by atoms with Crippen molar-refractivity contribution in [3.63, 3.8) is 0 Å². The Labute approximate surface area is 132 Å². The van der Waals surface area contributed by atoms with Gasteiger partial charge in [-0.3, -0.25) is 4.90 Å². The maximum Gasteiger partial charge on any atom is 0.435 e. The molecule has 2 rings (SSSR count). The Balaban J connectivity index is 2.10. The van der Waals surface area contributed by atoms with Gasteiger partial charge in [0.25, 0.3) is 0 Å². The maximum absolute atomic E-state index is 11.7. The Morgan fingerprint density at radius 3 is 2.73 bits per heavy atom. The number of cyclic esters (lactones) is 1.